The van der Waals surface area contributed by atoms with E-state index in [1.807, 2.05) is 4.90 Å². The lowest BCUT2D eigenvalue weighted by molar-refractivity contribution is 0.151. The second kappa shape index (κ2) is 9.42. The Hall–Kier alpha value is -0.520. The third-order valence-electron chi connectivity index (χ3n) is 4.39. The Balaban J connectivity index is 0.00000200. The lowest BCUT2D eigenvalue weighted by atomic mass is 9.84. The summed E-state index contributed by atoms with van der Waals surface area (Å²) in [6.45, 7) is 5.59. The van der Waals surface area contributed by atoms with Gasteiger partial charge in [-0.2, -0.15) is 0 Å². The van der Waals surface area contributed by atoms with Crippen molar-refractivity contribution in [2.24, 2.45) is 11.8 Å². The van der Waals surface area contributed by atoms with Crippen LogP contribution < -0.4 is 10.6 Å². The zero-order chi connectivity index (χ0) is 13.5. The summed E-state index contributed by atoms with van der Waals surface area (Å²) in [4.78, 5) is 13.9. The third-order valence-corrected chi connectivity index (χ3v) is 4.39. The molecule has 2 heterocycles. The molecule has 2 N–H and O–H groups in total. The van der Waals surface area contributed by atoms with Crippen molar-refractivity contribution in [3.8, 4) is 0 Å². The fraction of sp³-hybridized carbons (Fsp3) is 0.929. The molecule has 2 rings (SSSR count). The number of carbonyl (C=O) groups is 1. The first-order valence-electron chi connectivity index (χ1n) is 7.53. The van der Waals surface area contributed by atoms with Gasteiger partial charge in [0, 0.05) is 33.4 Å². The van der Waals surface area contributed by atoms with Crippen LogP contribution in [0.1, 0.15) is 25.7 Å². The van der Waals surface area contributed by atoms with Crippen molar-refractivity contribution in [2.75, 3.05) is 46.4 Å². The van der Waals surface area contributed by atoms with Gasteiger partial charge in [0.2, 0.25) is 0 Å². The monoisotopic (exact) mass is 305 g/mol. The average molecular weight is 306 g/mol. The number of amides is 2. The third kappa shape index (κ3) is 5.11. The molecule has 0 spiro atoms. The number of ether oxygens (including phenoxy) is 1. The lowest BCUT2D eigenvalue weighted by Crippen LogP contribution is -2.45. The summed E-state index contributed by atoms with van der Waals surface area (Å²) in [5.74, 6) is 1.65. The van der Waals surface area contributed by atoms with Gasteiger partial charge in [-0.3, -0.25) is 0 Å². The minimum atomic E-state index is 0. The molecule has 2 amide bonds. The molecule has 0 aromatic carbocycles. The summed E-state index contributed by atoms with van der Waals surface area (Å²) in [7, 11) is 1.68. The van der Waals surface area contributed by atoms with Crippen LogP contribution in [-0.4, -0.2) is 57.4 Å². The van der Waals surface area contributed by atoms with Gasteiger partial charge in [0.05, 0.1) is 0 Å². The van der Waals surface area contributed by atoms with E-state index in [0.717, 1.165) is 44.2 Å². The molecule has 118 valence electrons. The van der Waals surface area contributed by atoms with Gasteiger partial charge < -0.3 is 20.3 Å². The Morgan fingerprint density at radius 2 is 2.05 bits per heavy atom. The number of likely N-dealkylation sites (tertiary alicyclic amines) is 1. The SMILES string of the molecule is COCCCNC(=O)N1CCC(C2CCNC2)CC1.Cl. The number of carbonyl (C=O) groups excluding carboxylic acids is 1. The zero-order valence-electron chi connectivity index (χ0n) is 12.4. The maximum Gasteiger partial charge on any atom is 0.317 e. The van der Waals surface area contributed by atoms with E-state index in [1.165, 1.54) is 19.5 Å². The van der Waals surface area contributed by atoms with Crippen LogP contribution in [0.3, 0.4) is 0 Å². The van der Waals surface area contributed by atoms with E-state index < -0.39 is 0 Å². The standard InChI is InChI=1S/C14H27N3O2.ClH/c1-19-10-2-6-16-14(18)17-8-4-12(5-9-17)13-3-7-15-11-13;/h12-13,15H,2-11H2,1H3,(H,16,18);1H. The van der Waals surface area contributed by atoms with Gasteiger partial charge in [-0.05, 0) is 50.6 Å². The number of hydrogen-bond donors (Lipinski definition) is 2. The molecule has 20 heavy (non-hydrogen) atoms. The first-order chi connectivity index (χ1) is 9.31. The predicted molar refractivity (Wildman–Crippen MR) is 82.4 cm³/mol. The maximum absolute atomic E-state index is 12.0. The molecule has 0 radical (unpaired) electrons. The van der Waals surface area contributed by atoms with Crippen LogP contribution in [-0.2, 0) is 4.74 Å². The van der Waals surface area contributed by atoms with Crippen LogP contribution in [0.15, 0.2) is 0 Å². The Morgan fingerprint density at radius 1 is 1.30 bits per heavy atom. The minimum Gasteiger partial charge on any atom is -0.385 e. The average Bonchev–Trinajstić information content (AvgIpc) is 2.98. The number of hydrogen-bond acceptors (Lipinski definition) is 3. The van der Waals surface area contributed by atoms with E-state index in [2.05, 4.69) is 10.6 Å². The van der Waals surface area contributed by atoms with Crippen molar-refractivity contribution >= 4 is 18.4 Å². The normalized spacial score (nSPS) is 23.4. The molecule has 0 aromatic rings. The van der Waals surface area contributed by atoms with Crippen LogP contribution in [0.5, 0.6) is 0 Å². The highest BCUT2D eigenvalue weighted by molar-refractivity contribution is 5.85. The Bertz CT molecular complexity index is 278. The van der Waals surface area contributed by atoms with Crippen LogP contribution in [0.2, 0.25) is 0 Å². The van der Waals surface area contributed by atoms with Crippen LogP contribution in [0.4, 0.5) is 4.79 Å². The number of piperidine rings is 1. The summed E-state index contributed by atoms with van der Waals surface area (Å²) in [5, 5.41) is 6.40. The highest BCUT2D eigenvalue weighted by Crippen LogP contribution is 2.28. The van der Waals surface area contributed by atoms with Crippen LogP contribution in [0, 0.1) is 11.8 Å². The quantitative estimate of drug-likeness (QED) is 0.757. The molecule has 0 aliphatic carbocycles. The summed E-state index contributed by atoms with van der Waals surface area (Å²) in [5.41, 5.74) is 0. The Labute approximate surface area is 128 Å². The maximum atomic E-state index is 12.0. The van der Waals surface area contributed by atoms with E-state index in [9.17, 15) is 4.79 Å². The fourth-order valence-corrected chi connectivity index (χ4v) is 3.18. The van der Waals surface area contributed by atoms with Crippen molar-refractivity contribution in [1.29, 1.82) is 0 Å². The number of rotatable bonds is 5. The molecule has 2 fully saturated rings. The molecule has 1 atom stereocenters. The molecule has 1 unspecified atom stereocenters. The van der Waals surface area contributed by atoms with Gasteiger partial charge in [-0.25, -0.2) is 4.79 Å². The van der Waals surface area contributed by atoms with Crippen molar-refractivity contribution in [3.05, 3.63) is 0 Å². The van der Waals surface area contributed by atoms with Crippen LogP contribution in [0.25, 0.3) is 0 Å². The molecule has 2 saturated heterocycles. The molecule has 0 bridgehead atoms. The largest absolute Gasteiger partial charge is 0.385 e. The molecule has 0 saturated carbocycles. The minimum absolute atomic E-state index is 0. The Kier molecular flexibility index (Phi) is 8.26. The molecular formula is C14H28ClN3O2. The second-order valence-corrected chi connectivity index (χ2v) is 5.66. The van der Waals surface area contributed by atoms with Crippen molar-refractivity contribution < 1.29 is 9.53 Å². The first kappa shape index (κ1) is 17.5. The summed E-state index contributed by atoms with van der Waals surface area (Å²) >= 11 is 0. The molecule has 2 aliphatic heterocycles. The fourth-order valence-electron chi connectivity index (χ4n) is 3.18. The van der Waals surface area contributed by atoms with Gasteiger partial charge in [-0.15, -0.1) is 12.4 Å². The number of nitrogens with zero attached hydrogens (tertiary/aromatic N) is 1. The highest BCUT2D eigenvalue weighted by atomic mass is 35.5. The molecule has 0 aromatic heterocycles. The Morgan fingerprint density at radius 3 is 2.65 bits per heavy atom. The van der Waals surface area contributed by atoms with E-state index in [1.54, 1.807) is 7.11 Å². The van der Waals surface area contributed by atoms with E-state index in [-0.39, 0.29) is 18.4 Å². The van der Waals surface area contributed by atoms with Crippen LogP contribution >= 0.6 is 12.4 Å². The number of methoxy groups -OCH3 is 1. The molecule has 2 aliphatic rings. The van der Waals surface area contributed by atoms with Gasteiger partial charge in [0.25, 0.3) is 0 Å². The lowest BCUT2D eigenvalue weighted by Gasteiger charge is -2.34. The van der Waals surface area contributed by atoms with Crippen molar-refractivity contribution in [1.82, 2.24) is 15.5 Å². The smallest absolute Gasteiger partial charge is 0.317 e. The molecule has 5 nitrogen and oxygen atoms in total. The van der Waals surface area contributed by atoms with Gasteiger partial charge in [0.1, 0.15) is 0 Å². The number of urea groups is 1. The predicted octanol–water partition coefficient (Wildman–Crippen LogP) is 1.48. The van der Waals surface area contributed by atoms with Gasteiger partial charge >= 0.3 is 6.03 Å². The van der Waals surface area contributed by atoms with E-state index in [4.69, 9.17) is 4.74 Å². The summed E-state index contributed by atoms with van der Waals surface area (Å²) < 4.78 is 4.97. The number of halogens is 1. The van der Waals surface area contributed by atoms with Gasteiger partial charge in [-0.1, -0.05) is 0 Å². The van der Waals surface area contributed by atoms with Gasteiger partial charge in [0.15, 0.2) is 0 Å². The number of nitrogens with one attached hydrogen (secondary N) is 2. The highest BCUT2D eigenvalue weighted by Gasteiger charge is 2.29. The summed E-state index contributed by atoms with van der Waals surface area (Å²) in [6.07, 6.45) is 4.52. The second-order valence-electron chi connectivity index (χ2n) is 5.66. The molecular weight excluding hydrogens is 278 g/mol. The first-order valence-corrected chi connectivity index (χ1v) is 7.53. The summed E-state index contributed by atoms with van der Waals surface area (Å²) in [6, 6.07) is 0.0964. The molecule has 6 heteroatoms. The van der Waals surface area contributed by atoms with Crippen molar-refractivity contribution in [2.45, 2.75) is 25.7 Å². The zero-order valence-corrected chi connectivity index (χ0v) is 13.2. The van der Waals surface area contributed by atoms with E-state index >= 15 is 0 Å². The van der Waals surface area contributed by atoms with E-state index in [0.29, 0.717) is 13.2 Å². The topological polar surface area (TPSA) is 53.6 Å². The van der Waals surface area contributed by atoms with Crippen molar-refractivity contribution in [3.63, 3.8) is 0 Å².